The van der Waals surface area contributed by atoms with E-state index >= 15 is 0 Å². The van der Waals surface area contributed by atoms with Crippen molar-refractivity contribution in [3.63, 3.8) is 0 Å². The fourth-order valence-corrected chi connectivity index (χ4v) is 3.98. The van der Waals surface area contributed by atoms with Crippen molar-refractivity contribution in [2.45, 2.75) is 13.5 Å². The summed E-state index contributed by atoms with van der Waals surface area (Å²) >= 11 is 0.920. The van der Waals surface area contributed by atoms with Gasteiger partial charge >= 0.3 is 5.97 Å². The number of aromatic carboxylic acids is 1. The van der Waals surface area contributed by atoms with Crippen LogP contribution in [-0.4, -0.2) is 31.7 Å². The standard InChI is InChI=1S/C23H18N2O4S/c1-15-4-6-16(7-5-15)14-25-21(26)20(30-23(25)29)13-19-3-2-12-24(19)18-10-8-17(9-11-18)22(27)28/h2-13H,14H2,1H3,(H,27,28)/b20-13-. The van der Waals surface area contributed by atoms with Gasteiger partial charge in [0.1, 0.15) is 0 Å². The Kier molecular flexibility index (Phi) is 5.29. The largest absolute Gasteiger partial charge is 0.478 e. The Bertz CT molecular complexity index is 1160. The monoisotopic (exact) mass is 418 g/mol. The van der Waals surface area contributed by atoms with Gasteiger partial charge < -0.3 is 9.67 Å². The molecule has 7 heteroatoms. The minimum atomic E-state index is -0.989. The topological polar surface area (TPSA) is 79.6 Å². The summed E-state index contributed by atoms with van der Waals surface area (Å²) in [6.07, 6.45) is 3.50. The van der Waals surface area contributed by atoms with E-state index in [-0.39, 0.29) is 23.3 Å². The lowest BCUT2D eigenvalue weighted by Crippen LogP contribution is -2.27. The molecule has 1 aromatic heterocycles. The third-order valence-corrected chi connectivity index (χ3v) is 5.69. The van der Waals surface area contributed by atoms with Gasteiger partial charge in [-0.05, 0) is 66.7 Å². The summed E-state index contributed by atoms with van der Waals surface area (Å²) in [5, 5.41) is 8.76. The van der Waals surface area contributed by atoms with Crippen LogP contribution in [0.1, 0.15) is 27.2 Å². The van der Waals surface area contributed by atoms with Crippen LogP contribution in [0, 0.1) is 6.92 Å². The molecule has 1 fully saturated rings. The quantitative estimate of drug-likeness (QED) is 0.607. The van der Waals surface area contributed by atoms with Gasteiger partial charge in [0.25, 0.3) is 11.1 Å². The molecule has 1 saturated heterocycles. The van der Waals surface area contributed by atoms with E-state index in [2.05, 4.69) is 0 Å². The molecule has 6 nitrogen and oxygen atoms in total. The Balaban J connectivity index is 1.58. The van der Waals surface area contributed by atoms with Gasteiger partial charge in [-0.25, -0.2) is 4.79 Å². The number of benzene rings is 2. The van der Waals surface area contributed by atoms with Crippen LogP contribution in [0.3, 0.4) is 0 Å². The van der Waals surface area contributed by atoms with Crippen molar-refractivity contribution in [1.82, 2.24) is 9.47 Å². The average molecular weight is 418 g/mol. The van der Waals surface area contributed by atoms with Crippen LogP contribution in [0.15, 0.2) is 71.8 Å². The third kappa shape index (κ3) is 3.92. The molecular weight excluding hydrogens is 400 g/mol. The summed E-state index contributed by atoms with van der Waals surface area (Å²) in [6.45, 7) is 2.22. The van der Waals surface area contributed by atoms with Gasteiger partial charge in [-0.3, -0.25) is 14.5 Å². The van der Waals surface area contributed by atoms with Crippen molar-refractivity contribution >= 4 is 35.0 Å². The van der Waals surface area contributed by atoms with Gasteiger partial charge in [0.2, 0.25) is 0 Å². The lowest BCUT2D eigenvalue weighted by atomic mass is 10.1. The summed E-state index contributed by atoms with van der Waals surface area (Å²) in [4.78, 5) is 37.9. The number of nitrogens with zero attached hydrogens (tertiary/aromatic N) is 2. The molecule has 0 radical (unpaired) electrons. The fourth-order valence-electron chi connectivity index (χ4n) is 3.16. The molecule has 0 unspecified atom stereocenters. The SMILES string of the molecule is Cc1ccc(CN2C(=O)S/C(=C\c3cccn3-c3ccc(C(=O)O)cc3)C2=O)cc1. The fraction of sp³-hybridized carbons (Fsp3) is 0.0870. The van der Waals surface area contributed by atoms with Gasteiger partial charge in [-0.2, -0.15) is 0 Å². The Morgan fingerprint density at radius 3 is 2.40 bits per heavy atom. The Labute approximate surface area is 177 Å². The van der Waals surface area contributed by atoms with E-state index in [9.17, 15) is 14.4 Å². The molecule has 2 amide bonds. The number of hydrogen-bond donors (Lipinski definition) is 1. The lowest BCUT2D eigenvalue weighted by molar-refractivity contribution is -0.123. The minimum Gasteiger partial charge on any atom is -0.478 e. The predicted octanol–water partition coefficient (Wildman–Crippen LogP) is 4.72. The number of amides is 2. The van der Waals surface area contributed by atoms with Crippen LogP contribution in [-0.2, 0) is 11.3 Å². The number of rotatable bonds is 5. The van der Waals surface area contributed by atoms with Crippen LogP contribution in [0.25, 0.3) is 11.8 Å². The number of thioether (sulfide) groups is 1. The van der Waals surface area contributed by atoms with Crippen molar-refractivity contribution in [2.24, 2.45) is 0 Å². The number of carbonyl (C=O) groups is 3. The smallest absolute Gasteiger partial charge is 0.335 e. The van der Waals surface area contributed by atoms with Gasteiger partial charge in [0, 0.05) is 17.6 Å². The minimum absolute atomic E-state index is 0.199. The van der Waals surface area contributed by atoms with E-state index < -0.39 is 5.97 Å². The Hall–Kier alpha value is -3.58. The number of aryl methyl sites for hydroxylation is 1. The lowest BCUT2D eigenvalue weighted by Gasteiger charge is -2.12. The van der Waals surface area contributed by atoms with E-state index in [1.165, 1.54) is 17.0 Å². The van der Waals surface area contributed by atoms with Crippen LogP contribution in [0.5, 0.6) is 0 Å². The number of aromatic nitrogens is 1. The molecule has 0 saturated carbocycles. The first kappa shape index (κ1) is 19.7. The highest BCUT2D eigenvalue weighted by atomic mass is 32.2. The second-order valence-corrected chi connectivity index (χ2v) is 7.90. The van der Waals surface area contributed by atoms with Gasteiger partial charge in [0.15, 0.2) is 0 Å². The maximum absolute atomic E-state index is 12.8. The molecule has 150 valence electrons. The molecule has 2 heterocycles. The molecule has 0 aliphatic carbocycles. The molecule has 1 aliphatic heterocycles. The normalized spacial score (nSPS) is 15.2. The first-order valence-electron chi connectivity index (χ1n) is 9.24. The zero-order valence-electron chi connectivity index (χ0n) is 16.1. The molecule has 2 aromatic carbocycles. The number of carboxylic acid groups (broad SMARTS) is 1. The third-order valence-electron chi connectivity index (χ3n) is 4.79. The van der Waals surface area contributed by atoms with Crippen LogP contribution < -0.4 is 0 Å². The Morgan fingerprint density at radius 2 is 1.73 bits per heavy atom. The highest BCUT2D eigenvalue weighted by molar-refractivity contribution is 8.18. The van der Waals surface area contributed by atoms with Crippen molar-refractivity contribution in [3.05, 3.63) is 94.1 Å². The first-order valence-corrected chi connectivity index (χ1v) is 10.1. The van der Waals surface area contributed by atoms with Gasteiger partial charge in [0.05, 0.1) is 17.0 Å². The van der Waals surface area contributed by atoms with E-state index in [0.717, 1.165) is 34.3 Å². The summed E-state index contributed by atoms with van der Waals surface area (Å²) in [7, 11) is 0. The molecular formula is C23H18N2O4S. The van der Waals surface area contributed by atoms with E-state index in [0.29, 0.717) is 4.91 Å². The molecule has 0 spiro atoms. The van der Waals surface area contributed by atoms with Crippen molar-refractivity contribution in [1.29, 1.82) is 0 Å². The van der Waals surface area contributed by atoms with Crippen molar-refractivity contribution in [3.8, 4) is 5.69 Å². The zero-order chi connectivity index (χ0) is 21.3. The average Bonchev–Trinajstić information content (AvgIpc) is 3.30. The van der Waals surface area contributed by atoms with E-state index in [4.69, 9.17) is 5.11 Å². The summed E-state index contributed by atoms with van der Waals surface area (Å²) in [5.74, 6) is -1.31. The number of hydrogen-bond acceptors (Lipinski definition) is 4. The number of carbonyl (C=O) groups excluding carboxylic acids is 2. The molecule has 30 heavy (non-hydrogen) atoms. The van der Waals surface area contributed by atoms with Crippen LogP contribution >= 0.6 is 11.8 Å². The summed E-state index contributed by atoms with van der Waals surface area (Å²) < 4.78 is 1.83. The van der Waals surface area contributed by atoms with Gasteiger partial charge in [-0.1, -0.05) is 29.8 Å². The maximum atomic E-state index is 12.8. The predicted molar refractivity (Wildman–Crippen MR) is 115 cm³/mol. The van der Waals surface area contributed by atoms with Crippen molar-refractivity contribution in [2.75, 3.05) is 0 Å². The number of imide groups is 1. The molecule has 0 bridgehead atoms. The first-order chi connectivity index (χ1) is 14.4. The maximum Gasteiger partial charge on any atom is 0.335 e. The molecule has 0 atom stereocenters. The van der Waals surface area contributed by atoms with Crippen molar-refractivity contribution < 1.29 is 19.5 Å². The second-order valence-electron chi connectivity index (χ2n) is 6.91. The highest BCUT2D eigenvalue weighted by Crippen LogP contribution is 2.33. The molecule has 1 aliphatic rings. The van der Waals surface area contributed by atoms with E-state index in [1.807, 2.05) is 54.1 Å². The molecule has 4 rings (SSSR count). The second kappa shape index (κ2) is 8.04. The molecule has 1 N–H and O–H groups in total. The summed E-state index contributed by atoms with van der Waals surface area (Å²) in [6, 6.07) is 17.8. The van der Waals surface area contributed by atoms with Crippen LogP contribution in [0.4, 0.5) is 4.79 Å². The molecule has 3 aromatic rings. The zero-order valence-corrected chi connectivity index (χ0v) is 16.9. The van der Waals surface area contributed by atoms with Crippen LogP contribution in [0.2, 0.25) is 0 Å². The highest BCUT2D eigenvalue weighted by Gasteiger charge is 2.35. The Morgan fingerprint density at radius 1 is 1.03 bits per heavy atom. The summed E-state index contributed by atoms with van der Waals surface area (Å²) in [5.41, 5.74) is 3.69. The van der Waals surface area contributed by atoms with Gasteiger partial charge in [-0.15, -0.1) is 0 Å². The van der Waals surface area contributed by atoms with E-state index in [1.54, 1.807) is 18.2 Å². The number of carboxylic acids is 1.